The van der Waals surface area contributed by atoms with Crippen molar-refractivity contribution in [3.05, 3.63) is 36.3 Å². The van der Waals surface area contributed by atoms with Gasteiger partial charge in [-0.2, -0.15) is 4.68 Å². The van der Waals surface area contributed by atoms with E-state index in [4.69, 9.17) is 4.74 Å². The lowest BCUT2D eigenvalue weighted by atomic mass is 10.0. The van der Waals surface area contributed by atoms with Crippen LogP contribution in [0.1, 0.15) is 19.7 Å². The number of hydrogen-bond acceptors (Lipinski definition) is 5. The standard InChI is InChI=1S/C17H22N6O/c1-17(2,22-8-10-24-11-9-22)16-18-19-20-23(16)14-4-5-15-13(12-14)6-7-21(15)3/h4-7,12H,8-11H2,1-3H3. The Labute approximate surface area is 140 Å². The number of tetrazole rings is 1. The molecule has 0 spiro atoms. The Kier molecular flexibility index (Phi) is 3.62. The fourth-order valence-electron chi connectivity index (χ4n) is 3.41. The number of benzene rings is 1. The topological polar surface area (TPSA) is 61.0 Å². The second kappa shape index (κ2) is 5.68. The van der Waals surface area contributed by atoms with Gasteiger partial charge in [-0.25, -0.2) is 0 Å². The summed E-state index contributed by atoms with van der Waals surface area (Å²) >= 11 is 0. The first-order valence-corrected chi connectivity index (χ1v) is 8.24. The van der Waals surface area contributed by atoms with Crippen molar-refractivity contribution in [3.8, 4) is 5.69 Å². The lowest BCUT2D eigenvalue weighted by molar-refractivity contribution is -0.0155. The van der Waals surface area contributed by atoms with Gasteiger partial charge in [0.25, 0.3) is 0 Å². The number of rotatable bonds is 3. The van der Waals surface area contributed by atoms with E-state index < -0.39 is 0 Å². The van der Waals surface area contributed by atoms with E-state index in [2.05, 4.69) is 69.3 Å². The third kappa shape index (κ3) is 2.40. The van der Waals surface area contributed by atoms with Gasteiger partial charge in [0.2, 0.25) is 0 Å². The fraction of sp³-hybridized carbons (Fsp3) is 0.471. The summed E-state index contributed by atoms with van der Waals surface area (Å²) in [5, 5.41) is 13.7. The number of morpholine rings is 1. The number of nitrogens with zero attached hydrogens (tertiary/aromatic N) is 6. The zero-order valence-corrected chi connectivity index (χ0v) is 14.3. The van der Waals surface area contributed by atoms with Gasteiger partial charge in [-0.1, -0.05) is 0 Å². The number of hydrogen-bond donors (Lipinski definition) is 0. The first-order chi connectivity index (χ1) is 11.6. The Morgan fingerprint density at radius 3 is 2.71 bits per heavy atom. The lowest BCUT2D eigenvalue weighted by Crippen LogP contribution is -2.49. The van der Waals surface area contributed by atoms with Crippen LogP contribution < -0.4 is 0 Å². The molecular weight excluding hydrogens is 304 g/mol. The zero-order valence-electron chi connectivity index (χ0n) is 14.3. The van der Waals surface area contributed by atoms with Crippen molar-refractivity contribution in [2.75, 3.05) is 26.3 Å². The Morgan fingerprint density at radius 2 is 1.92 bits per heavy atom. The van der Waals surface area contributed by atoms with Gasteiger partial charge in [0.1, 0.15) is 0 Å². The van der Waals surface area contributed by atoms with E-state index in [9.17, 15) is 0 Å². The Hall–Kier alpha value is -2.25. The number of aromatic nitrogens is 5. The molecule has 1 aliphatic heterocycles. The molecule has 0 unspecified atom stereocenters. The largest absolute Gasteiger partial charge is 0.379 e. The molecule has 0 saturated carbocycles. The van der Waals surface area contributed by atoms with Crippen molar-refractivity contribution < 1.29 is 4.74 Å². The summed E-state index contributed by atoms with van der Waals surface area (Å²) in [6.45, 7) is 7.61. The van der Waals surface area contributed by atoms with Crippen LogP contribution >= 0.6 is 0 Å². The summed E-state index contributed by atoms with van der Waals surface area (Å²) in [4.78, 5) is 2.37. The van der Waals surface area contributed by atoms with Crippen molar-refractivity contribution in [1.29, 1.82) is 0 Å². The molecule has 0 N–H and O–H groups in total. The zero-order chi connectivity index (χ0) is 16.7. The molecule has 0 amide bonds. The summed E-state index contributed by atoms with van der Waals surface area (Å²) in [6.07, 6.45) is 2.06. The molecule has 4 rings (SSSR count). The van der Waals surface area contributed by atoms with Gasteiger partial charge >= 0.3 is 0 Å². The van der Waals surface area contributed by atoms with Crippen LogP contribution in [-0.2, 0) is 17.3 Å². The minimum atomic E-state index is -0.265. The third-order valence-corrected chi connectivity index (χ3v) is 4.93. The highest BCUT2D eigenvalue weighted by Crippen LogP contribution is 2.28. The van der Waals surface area contributed by atoms with Gasteiger partial charge in [-0.05, 0) is 48.5 Å². The molecule has 1 aromatic carbocycles. The normalized spacial score (nSPS) is 16.8. The van der Waals surface area contributed by atoms with Crippen LogP contribution in [0, 0.1) is 0 Å². The maximum absolute atomic E-state index is 5.48. The molecule has 126 valence electrons. The quantitative estimate of drug-likeness (QED) is 0.733. The van der Waals surface area contributed by atoms with Gasteiger partial charge in [0.15, 0.2) is 5.82 Å². The van der Waals surface area contributed by atoms with Crippen molar-refractivity contribution in [1.82, 2.24) is 29.7 Å². The fourth-order valence-corrected chi connectivity index (χ4v) is 3.41. The number of fused-ring (bicyclic) bond motifs is 1. The second-order valence-corrected chi connectivity index (χ2v) is 6.74. The molecule has 0 aliphatic carbocycles. The second-order valence-electron chi connectivity index (χ2n) is 6.74. The molecule has 1 fully saturated rings. The van der Waals surface area contributed by atoms with Crippen LogP contribution in [-0.4, -0.2) is 56.0 Å². The van der Waals surface area contributed by atoms with E-state index in [1.165, 1.54) is 10.9 Å². The molecule has 3 heterocycles. The highest BCUT2D eigenvalue weighted by atomic mass is 16.5. The molecule has 3 aromatic rings. The summed E-state index contributed by atoms with van der Waals surface area (Å²) in [7, 11) is 2.05. The summed E-state index contributed by atoms with van der Waals surface area (Å²) in [5.74, 6) is 0.847. The van der Waals surface area contributed by atoms with Gasteiger partial charge in [-0.3, -0.25) is 4.90 Å². The molecule has 7 heteroatoms. The average Bonchev–Trinajstić information content (AvgIpc) is 3.23. The molecule has 24 heavy (non-hydrogen) atoms. The van der Waals surface area contributed by atoms with Crippen molar-refractivity contribution >= 4 is 10.9 Å². The van der Waals surface area contributed by atoms with Crippen LogP contribution in [0.25, 0.3) is 16.6 Å². The monoisotopic (exact) mass is 326 g/mol. The van der Waals surface area contributed by atoms with E-state index in [-0.39, 0.29) is 5.54 Å². The minimum absolute atomic E-state index is 0.265. The molecular formula is C17H22N6O. The predicted molar refractivity (Wildman–Crippen MR) is 91.0 cm³/mol. The number of aryl methyl sites for hydroxylation is 1. The van der Waals surface area contributed by atoms with E-state index in [1.54, 1.807) is 0 Å². The maximum Gasteiger partial charge on any atom is 0.176 e. The summed E-state index contributed by atoms with van der Waals surface area (Å²) in [6, 6.07) is 8.41. The van der Waals surface area contributed by atoms with E-state index >= 15 is 0 Å². The third-order valence-electron chi connectivity index (χ3n) is 4.93. The van der Waals surface area contributed by atoms with Crippen LogP contribution in [0.5, 0.6) is 0 Å². The lowest BCUT2D eigenvalue weighted by Gasteiger charge is -2.39. The minimum Gasteiger partial charge on any atom is -0.379 e. The molecule has 0 radical (unpaired) electrons. The molecule has 2 aromatic heterocycles. The highest BCUT2D eigenvalue weighted by Gasteiger charge is 2.35. The van der Waals surface area contributed by atoms with Crippen LogP contribution in [0.2, 0.25) is 0 Å². The van der Waals surface area contributed by atoms with Crippen LogP contribution in [0.3, 0.4) is 0 Å². The first kappa shape index (κ1) is 15.3. The van der Waals surface area contributed by atoms with Crippen LogP contribution in [0.4, 0.5) is 0 Å². The van der Waals surface area contributed by atoms with E-state index in [1.807, 2.05) is 11.7 Å². The van der Waals surface area contributed by atoms with Crippen molar-refractivity contribution in [2.45, 2.75) is 19.4 Å². The van der Waals surface area contributed by atoms with Gasteiger partial charge in [0, 0.05) is 37.2 Å². The van der Waals surface area contributed by atoms with Gasteiger partial charge < -0.3 is 9.30 Å². The average molecular weight is 326 g/mol. The molecule has 1 saturated heterocycles. The SMILES string of the molecule is Cn1ccc2cc(-n3nnnc3C(C)(C)N3CCOCC3)ccc21. The van der Waals surface area contributed by atoms with E-state index in [0.29, 0.717) is 0 Å². The van der Waals surface area contributed by atoms with E-state index in [0.717, 1.165) is 37.8 Å². The van der Waals surface area contributed by atoms with Gasteiger partial charge in [0.05, 0.1) is 24.4 Å². The molecule has 1 aliphatic rings. The molecule has 0 atom stereocenters. The maximum atomic E-state index is 5.48. The van der Waals surface area contributed by atoms with Crippen molar-refractivity contribution in [3.63, 3.8) is 0 Å². The summed E-state index contributed by atoms with van der Waals surface area (Å²) in [5.41, 5.74) is 1.91. The highest BCUT2D eigenvalue weighted by molar-refractivity contribution is 5.82. The number of ether oxygens (including phenoxy) is 1. The first-order valence-electron chi connectivity index (χ1n) is 8.24. The van der Waals surface area contributed by atoms with Crippen molar-refractivity contribution in [2.24, 2.45) is 7.05 Å². The Morgan fingerprint density at radius 1 is 1.12 bits per heavy atom. The Balaban J connectivity index is 1.75. The van der Waals surface area contributed by atoms with Crippen LogP contribution in [0.15, 0.2) is 30.5 Å². The smallest absolute Gasteiger partial charge is 0.176 e. The molecule has 0 bridgehead atoms. The summed E-state index contributed by atoms with van der Waals surface area (Å²) < 4.78 is 9.43. The Bertz CT molecular complexity index is 859. The molecule has 7 nitrogen and oxygen atoms in total. The predicted octanol–water partition coefficient (Wildman–Crippen LogP) is 1.72. The van der Waals surface area contributed by atoms with Gasteiger partial charge in [-0.15, -0.1) is 5.10 Å².